The zero-order chi connectivity index (χ0) is 18.6. The molecule has 4 rings (SSSR count). The number of rotatable bonds is 5. The Morgan fingerprint density at radius 3 is 2.74 bits per heavy atom. The molecule has 0 radical (unpaired) electrons. The normalized spacial score (nSPS) is 30.1. The highest BCUT2D eigenvalue weighted by molar-refractivity contribution is 5.83. The molecule has 3 aliphatic rings. The summed E-state index contributed by atoms with van der Waals surface area (Å²) in [6.45, 7) is 1.40. The average molecular weight is 370 g/mol. The van der Waals surface area contributed by atoms with E-state index in [9.17, 15) is 9.59 Å². The van der Waals surface area contributed by atoms with E-state index in [1.165, 1.54) is 31.2 Å². The van der Waals surface area contributed by atoms with Gasteiger partial charge < -0.3 is 15.5 Å². The highest BCUT2D eigenvalue weighted by Crippen LogP contribution is 2.33. The molecule has 5 heteroatoms. The van der Waals surface area contributed by atoms with Crippen LogP contribution in [0.4, 0.5) is 0 Å². The van der Waals surface area contributed by atoms with Crippen LogP contribution in [0.25, 0.3) is 0 Å². The second-order valence-electron chi connectivity index (χ2n) is 8.43. The molecule has 146 valence electrons. The van der Waals surface area contributed by atoms with Gasteiger partial charge in [0.05, 0.1) is 6.04 Å². The fourth-order valence-electron chi connectivity index (χ4n) is 4.98. The lowest BCUT2D eigenvalue weighted by atomic mass is 9.85. The predicted octanol–water partition coefficient (Wildman–Crippen LogP) is 2.26. The van der Waals surface area contributed by atoms with E-state index in [0.717, 1.165) is 25.8 Å². The lowest BCUT2D eigenvalue weighted by Gasteiger charge is -2.24. The van der Waals surface area contributed by atoms with Crippen LogP contribution in [0.2, 0.25) is 0 Å². The van der Waals surface area contributed by atoms with E-state index in [1.54, 1.807) is 0 Å². The van der Waals surface area contributed by atoms with Crippen molar-refractivity contribution in [2.75, 3.05) is 13.1 Å². The zero-order valence-electron chi connectivity index (χ0n) is 16.0. The number of hydrogen-bond acceptors (Lipinski definition) is 3. The van der Waals surface area contributed by atoms with E-state index in [1.807, 2.05) is 23.1 Å². The van der Waals surface area contributed by atoms with Crippen LogP contribution in [0.5, 0.6) is 0 Å². The van der Waals surface area contributed by atoms with Crippen LogP contribution >= 0.6 is 0 Å². The molecule has 4 atom stereocenters. The predicted molar refractivity (Wildman–Crippen MR) is 105 cm³/mol. The summed E-state index contributed by atoms with van der Waals surface area (Å²) in [4.78, 5) is 27.0. The fourth-order valence-corrected chi connectivity index (χ4v) is 4.98. The molecule has 2 N–H and O–H groups in total. The van der Waals surface area contributed by atoms with E-state index in [4.69, 9.17) is 0 Å². The van der Waals surface area contributed by atoms with Crippen LogP contribution in [-0.2, 0) is 16.0 Å². The van der Waals surface area contributed by atoms with Crippen molar-refractivity contribution in [3.8, 4) is 0 Å². The Hall–Kier alpha value is -1.88. The Balaban J connectivity index is 1.21. The molecule has 5 nitrogen and oxygen atoms in total. The van der Waals surface area contributed by atoms with Gasteiger partial charge in [-0.05, 0) is 43.6 Å². The van der Waals surface area contributed by atoms with Gasteiger partial charge in [-0.3, -0.25) is 9.59 Å². The molecule has 1 aromatic carbocycles. The Morgan fingerprint density at radius 1 is 1.11 bits per heavy atom. The number of carbonyl (C=O) groups excluding carboxylic acids is 2. The highest BCUT2D eigenvalue weighted by atomic mass is 16.2. The maximum atomic E-state index is 12.7. The smallest absolute Gasteiger partial charge is 0.237 e. The molecular formula is C22H31N3O2. The number of aryl methyl sites for hydroxylation is 1. The fraction of sp³-hybridized carbons (Fsp3) is 0.636. The minimum Gasteiger partial charge on any atom is -0.350 e. The molecule has 2 heterocycles. The van der Waals surface area contributed by atoms with Gasteiger partial charge in [-0.25, -0.2) is 0 Å². The van der Waals surface area contributed by atoms with Crippen LogP contribution in [0, 0.1) is 5.92 Å². The van der Waals surface area contributed by atoms with E-state index >= 15 is 0 Å². The van der Waals surface area contributed by atoms with Gasteiger partial charge >= 0.3 is 0 Å². The average Bonchev–Trinajstić information content (AvgIpc) is 3.34. The first kappa shape index (κ1) is 18.5. The van der Waals surface area contributed by atoms with Crippen LogP contribution in [0.1, 0.15) is 50.5 Å². The topological polar surface area (TPSA) is 61.4 Å². The molecule has 0 aromatic heterocycles. The summed E-state index contributed by atoms with van der Waals surface area (Å²) in [5.41, 5.74) is 1.20. The molecule has 2 saturated heterocycles. The van der Waals surface area contributed by atoms with Crippen molar-refractivity contribution in [3.63, 3.8) is 0 Å². The standard InChI is InChI=1S/C22H31N3O2/c26-21(11-10-16-6-2-1-3-7-16)25-13-12-18(15-25)23-22(27)20-14-17-8-4-5-9-19(17)24-20/h1-3,6-7,17-20,24H,4-5,8-15H2,(H,23,27). The zero-order valence-corrected chi connectivity index (χ0v) is 16.0. The molecular weight excluding hydrogens is 338 g/mol. The van der Waals surface area contributed by atoms with Crippen LogP contribution in [-0.4, -0.2) is 47.9 Å². The molecule has 3 fully saturated rings. The monoisotopic (exact) mass is 369 g/mol. The maximum absolute atomic E-state index is 12.7. The van der Waals surface area contributed by atoms with E-state index < -0.39 is 0 Å². The molecule has 0 bridgehead atoms. The molecule has 2 amide bonds. The van der Waals surface area contributed by atoms with Crippen LogP contribution in [0.15, 0.2) is 30.3 Å². The Kier molecular flexibility index (Phi) is 5.77. The summed E-state index contributed by atoms with van der Waals surface area (Å²) in [6.07, 6.45) is 8.21. The largest absolute Gasteiger partial charge is 0.350 e. The minimum atomic E-state index is -0.0408. The number of amides is 2. The second kappa shape index (κ2) is 8.42. The lowest BCUT2D eigenvalue weighted by molar-refractivity contribution is -0.130. The van der Waals surface area contributed by atoms with Crippen LogP contribution in [0.3, 0.4) is 0 Å². The van der Waals surface area contributed by atoms with Crippen molar-refractivity contribution in [1.29, 1.82) is 0 Å². The molecule has 1 saturated carbocycles. The summed E-state index contributed by atoms with van der Waals surface area (Å²) in [5.74, 6) is 1.00. The SMILES string of the molecule is O=C(NC1CCN(C(=O)CCc2ccccc2)C1)C1CC2CCCCC2N1. The third-order valence-electron chi connectivity index (χ3n) is 6.54. The Morgan fingerprint density at radius 2 is 1.93 bits per heavy atom. The summed E-state index contributed by atoms with van der Waals surface area (Å²) in [5, 5.41) is 6.74. The van der Waals surface area contributed by atoms with Gasteiger partial charge in [-0.2, -0.15) is 0 Å². The summed E-state index contributed by atoms with van der Waals surface area (Å²) < 4.78 is 0. The van der Waals surface area contributed by atoms with Gasteiger partial charge in [0, 0.05) is 31.6 Å². The maximum Gasteiger partial charge on any atom is 0.237 e. The van der Waals surface area contributed by atoms with Crippen molar-refractivity contribution < 1.29 is 9.59 Å². The second-order valence-corrected chi connectivity index (χ2v) is 8.43. The van der Waals surface area contributed by atoms with Crippen LogP contribution < -0.4 is 10.6 Å². The third-order valence-corrected chi connectivity index (χ3v) is 6.54. The van der Waals surface area contributed by atoms with E-state index in [-0.39, 0.29) is 23.9 Å². The quantitative estimate of drug-likeness (QED) is 0.837. The van der Waals surface area contributed by atoms with Crippen molar-refractivity contribution >= 4 is 11.8 Å². The molecule has 27 heavy (non-hydrogen) atoms. The summed E-state index contributed by atoms with van der Waals surface area (Å²) in [7, 11) is 0. The number of carbonyl (C=O) groups is 2. The third kappa shape index (κ3) is 4.52. The number of nitrogens with zero attached hydrogens (tertiary/aromatic N) is 1. The highest BCUT2D eigenvalue weighted by Gasteiger charge is 2.39. The van der Waals surface area contributed by atoms with Crippen molar-refractivity contribution in [1.82, 2.24) is 15.5 Å². The number of benzene rings is 1. The van der Waals surface area contributed by atoms with Gasteiger partial charge in [0.25, 0.3) is 0 Å². The molecule has 1 aliphatic carbocycles. The summed E-state index contributed by atoms with van der Waals surface area (Å²) >= 11 is 0. The molecule has 1 aromatic rings. The summed E-state index contributed by atoms with van der Waals surface area (Å²) in [6, 6.07) is 10.7. The van der Waals surface area contributed by atoms with Gasteiger partial charge in [0.1, 0.15) is 0 Å². The van der Waals surface area contributed by atoms with Crippen molar-refractivity contribution in [2.45, 2.75) is 69.5 Å². The first-order valence-corrected chi connectivity index (χ1v) is 10.6. The van der Waals surface area contributed by atoms with Crippen molar-refractivity contribution in [2.24, 2.45) is 5.92 Å². The number of likely N-dealkylation sites (tertiary alicyclic amines) is 1. The number of nitrogens with one attached hydrogen (secondary N) is 2. The molecule has 2 aliphatic heterocycles. The number of fused-ring (bicyclic) bond motifs is 1. The van der Waals surface area contributed by atoms with E-state index in [2.05, 4.69) is 22.8 Å². The molecule has 0 spiro atoms. The molecule has 4 unspecified atom stereocenters. The Labute approximate surface area is 161 Å². The first-order chi connectivity index (χ1) is 13.2. The van der Waals surface area contributed by atoms with Gasteiger partial charge in [-0.1, -0.05) is 43.2 Å². The lowest BCUT2D eigenvalue weighted by Crippen LogP contribution is -2.47. The van der Waals surface area contributed by atoms with Gasteiger partial charge in [0.2, 0.25) is 11.8 Å². The Bertz CT molecular complexity index is 649. The van der Waals surface area contributed by atoms with Gasteiger partial charge in [0.15, 0.2) is 0 Å². The van der Waals surface area contributed by atoms with Crippen molar-refractivity contribution in [3.05, 3.63) is 35.9 Å². The number of hydrogen-bond donors (Lipinski definition) is 2. The van der Waals surface area contributed by atoms with Gasteiger partial charge in [-0.15, -0.1) is 0 Å². The van der Waals surface area contributed by atoms with E-state index in [0.29, 0.717) is 24.9 Å². The first-order valence-electron chi connectivity index (χ1n) is 10.6. The minimum absolute atomic E-state index is 0.0408.